The van der Waals surface area contributed by atoms with Gasteiger partial charge < -0.3 is 14.2 Å². The van der Waals surface area contributed by atoms with Gasteiger partial charge in [0.15, 0.2) is 0 Å². The minimum Gasteiger partial charge on any atom is -0.422 e. The summed E-state index contributed by atoms with van der Waals surface area (Å²) in [4.78, 5) is 29.2. The molecule has 1 aromatic carbocycles. The van der Waals surface area contributed by atoms with Crippen LogP contribution >= 0.6 is 7.60 Å². The Morgan fingerprint density at radius 1 is 1.25 bits per heavy atom. The van der Waals surface area contributed by atoms with E-state index in [0.29, 0.717) is 11.0 Å². The molecular weight excluding hydrogens is 231 g/mol. The van der Waals surface area contributed by atoms with Crippen molar-refractivity contribution < 1.29 is 18.8 Å². The Labute approximate surface area is 90.5 Å². The average Bonchev–Trinajstić information content (AvgIpc) is 2.16. The molecule has 16 heavy (non-hydrogen) atoms. The van der Waals surface area contributed by atoms with Gasteiger partial charge in [-0.1, -0.05) is 11.6 Å². The molecule has 1 heterocycles. The molecule has 1 aromatic heterocycles. The van der Waals surface area contributed by atoms with Crippen molar-refractivity contribution in [2.24, 2.45) is 0 Å². The van der Waals surface area contributed by atoms with Crippen LogP contribution in [-0.2, 0) is 4.57 Å². The van der Waals surface area contributed by atoms with Crippen molar-refractivity contribution in [3.8, 4) is 0 Å². The molecule has 2 N–H and O–H groups in total. The van der Waals surface area contributed by atoms with Crippen LogP contribution < -0.4 is 10.9 Å². The van der Waals surface area contributed by atoms with E-state index in [1.54, 1.807) is 18.2 Å². The molecule has 0 bridgehead atoms. The van der Waals surface area contributed by atoms with E-state index in [0.717, 1.165) is 5.56 Å². The molecule has 0 saturated carbocycles. The Balaban J connectivity index is 2.85. The molecule has 0 spiro atoms. The first-order chi connectivity index (χ1) is 7.38. The fraction of sp³-hybridized carbons (Fsp3) is 0.100. The minimum atomic E-state index is -4.58. The van der Waals surface area contributed by atoms with Gasteiger partial charge in [-0.25, -0.2) is 4.79 Å². The lowest BCUT2D eigenvalue weighted by molar-refractivity contribution is 0.385. The van der Waals surface area contributed by atoms with Crippen LogP contribution in [0.3, 0.4) is 0 Å². The molecule has 0 fully saturated rings. The van der Waals surface area contributed by atoms with Crippen molar-refractivity contribution in [2.45, 2.75) is 6.92 Å². The predicted octanol–water partition coefficient (Wildman–Crippen LogP) is 0.904. The first kappa shape index (κ1) is 11.1. The third kappa shape index (κ3) is 1.93. The Hall–Kier alpha value is -1.42. The number of fused-ring (bicyclic) bond motifs is 1. The summed E-state index contributed by atoms with van der Waals surface area (Å²) in [6, 6.07) is 6.21. The zero-order chi connectivity index (χ0) is 11.9. The minimum absolute atomic E-state index is 0.313. The van der Waals surface area contributed by atoms with Gasteiger partial charge in [0.05, 0.1) is 0 Å². The van der Waals surface area contributed by atoms with Gasteiger partial charge in [0, 0.05) is 5.39 Å². The maximum absolute atomic E-state index is 11.3. The summed E-state index contributed by atoms with van der Waals surface area (Å²) in [5, 5.41) is -0.108. The Kier molecular flexibility index (Phi) is 2.46. The molecule has 2 aromatic rings. The van der Waals surface area contributed by atoms with E-state index >= 15 is 0 Å². The topological polar surface area (TPSA) is 87.7 Å². The summed E-state index contributed by atoms with van der Waals surface area (Å²) in [5.41, 5.74) is 0.232. The molecule has 0 aliphatic heterocycles. The smallest absolute Gasteiger partial charge is 0.363 e. The van der Waals surface area contributed by atoms with E-state index in [2.05, 4.69) is 0 Å². The predicted molar refractivity (Wildman–Crippen MR) is 58.9 cm³/mol. The fourth-order valence-electron chi connectivity index (χ4n) is 1.44. The third-order valence-corrected chi connectivity index (χ3v) is 3.12. The van der Waals surface area contributed by atoms with Gasteiger partial charge >= 0.3 is 13.2 Å². The largest absolute Gasteiger partial charge is 0.422 e. The first-order valence-corrected chi connectivity index (χ1v) is 6.10. The first-order valence-electron chi connectivity index (χ1n) is 4.48. The lowest BCUT2D eigenvalue weighted by Crippen LogP contribution is -2.23. The SMILES string of the molecule is Cc1ccc2oc(=O)c(P(=O)(O)O)cc2c1. The molecule has 6 heteroatoms. The lowest BCUT2D eigenvalue weighted by atomic mass is 10.2. The van der Waals surface area contributed by atoms with Crippen LogP contribution in [0.1, 0.15) is 5.56 Å². The Morgan fingerprint density at radius 2 is 1.94 bits per heavy atom. The molecule has 0 atom stereocenters. The number of aryl methyl sites for hydroxylation is 1. The second kappa shape index (κ2) is 3.56. The van der Waals surface area contributed by atoms with E-state index in [-0.39, 0.29) is 0 Å². The molecule has 0 amide bonds. The average molecular weight is 240 g/mol. The van der Waals surface area contributed by atoms with Gasteiger partial charge in [-0.05, 0) is 25.1 Å². The second-order valence-corrected chi connectivity index (χ2v) is 5.07. The Bertz CT molecular complexity index is 652. The maximum atomic E-state index is 11.3. The highest BCUT2D eigenvalue weighted by Gasteiger charge is 2.23. The van der Waals surface area contributed by atoms with Crippen LogP contribution in [0.15, 0.2) is 33.5 Å². The molecule has 0 saturated heterocycles. The van der Waals surface area contributed by atoms with E-state index in [1.165, 1.54) is 6.07 Å². The van der Waals surface area contributed by atoms with Crippen molar-refractivity contribution in [1.29, 1.82) is 0 Å². The highest BCUT2D eigenvalue weighted by molar-refractivity contribution is 7.60. The zero-order valence-electron chi connectivity index (χ0n) is 8.38. The highest BCUT2D eigenvalue weighted by Crippen LogP contribution is 2.32. The van der Waals surface area contributed by atoms with Crippen molar-refractivity contribution in [3.63, 3.8) is 0 Å². The summed E-state index contributed by atoms with van der Waals surface area (Å²) in [6.45, 7) is 1.84. The van der Waals surface area contributed by atoms with Crippen LogP contribution in [0, 0.1) is 6.92 Å². The van der Waals surface area contributed by atoms with E-state index < -0.39 is 18.5 Å². The summed E-state index contributed by atoms with van der Waals surface area (Å²) in [5.74, 6) is 0. The normalized spacial score (nSPS) is 11.9. The van der Waals surface area contributed by atoms with E-state index in [9.17, 15) is 9.36 Å². The molecule has 5 nitrogen and oxygen atoms in total. The van der Waals surface area contributed by atoms with Crippen molar-refractivity contribution in [3.05, 3.63) is 40.2 Å². The van der Waals surface area contributed by atoms with Gasteiger partial charge in [0.25, 0.3) is 0 Å². The van der Waals surface area contributed by atoms with E-state index in [4.69, 9.17) is 14.2 Å². The zero-order valence-corrected chi connectivity index (χ0v) is 9.27. The summed E-state index contributed by atoms with van der Waals surface area (Å²) in [7, 11) is -4.58. The molecule has 0 unspecified atom stereocenters. The van der Waals surface area contributed by atoms with E-state index in [1.807, 2.05) is 6.92 Å². The third-order valence-electron chi connectivity index (χ3n) is 2.18. The number of rotatable bonds is 1. The number of benzene rings is 1. The monoisotopic (exact) mass is 240 g/mol. The lowest BCUT2D eigenvalue weighted by Gasteiger charge is -2.04. The quantitative estimate of drug-likeness (QED) is 0.571. The number of hydrogen-bond acceptors (Lipinski definition) is 3. The van der Waals surface area contributed by atoms with Crippen LogP contribution in [-0.4, -0.2) is 9.79 Å². The molecule has 0 aliphatic carbocycles. The molecule has 0 radical (unpaired) electrons. The molecular formula is C10H9O5P. The summed E-state index contributed by atoms with van der Waals surface area (Å²) in [6.07, 6.45) is 0. The van der Waals surface area contributed by atoms with Crippen LogP contribution in [0.2, 0.25) is 0 Å². The van der Waals surface area contributed by atoms with Crippen molar-refractivity contribution in [2.75, 3.05) is 0 Å². The molecule has 84 valence electrons. The highest BCUT2D eigenvalue weighted by atomic mass is 31.2. The van der Waals surface area contributed by atoms with Gasteiger partial charge in [-0.2, -0.15) is 0 Å². The Morgan fingerprint density at radius 3 is 2.56 bits per heavy atom. The van der Waals surface area contributed by atoms with Gasteiger partial charge in [0.1, 0.15) is 10.9 Å². The standard InChI is InChI=1S/C10H9O5P/c1-6-2-3-8-7(4-6)5-9(10(11)15-8)16(12,13)14/h2-5H,1H3,(H2,12,13,14). The second-order valence-electron chi connectivity index (χ2n) is 3.50. The number of hydrogen-bond donors (Lipinski definition) is 2. The summed E-state index contributed by atoms with van der Waals surface area (Å²) >= 11 is 0. The fourth-order valence-corrected chi connectivity index (χ4v) is 2.03. The van der Waals surface area contributed by atoms with Crippen LogP contribution in [0.4, 0.5) is 0 Å². The van der Waals surface area contributed by atoms with Gasteiger partial charge in [-0.3, -0.25) is 4.57 Å². The van der Waals surface area contributed by atoms with Crippen LogP contribution in [0.25, 0.3) is 11.0 Å². The summed E-state index contributed by atoms with van der Waals surface area (Å²) < 4.78 is 15.8. The van der Waals surface area contributed by atoms with Gasteiger partial charge in [0.2, 0.25) is 0 Å². The maximum Gasteiger partial charge on any atom is 0.363 e. The van der Waals surface area contributed by atoms with Crippen molar-refractivity contribution >= 4 is 23.9 Å². The molecule has 2 rings (SSSR count). The van der Waals surface area contributed by atoms with Crippen molar-refractivity contribution in [1.82, 2.24) is 0 Å². The van der Waals surface area contributed by atoms with Crippen LogP contribution in [0.5, 0.6) is 0 Å². The van der Waals surface area contributed by atoms with Gasteiger partial charge in [-0.15, -0.1) is 0 Å². The molecule has 0 aliphatic rings.